The van der Waals surface area contributed by atoms with E-state index in [2.05, 4.69) is 24.9 Å². The van der Waals surface area contributed by atoms with Gasteiger partial charge in [-0.25, -0.2) is 9.78 Å². The number of aromatic nitrogens is 2. The molecule has 0 saturated heterocycles. The maximum atomic E-state index is 11.5. The van der Waals surface area contributed by atoms with Crippen LogP contribution in [0, 0.1) is 6.92 Å². The second-order valence-corrected chi connectivity index (χ2v) is 7.98. The third-order valence-corrected chi connectivity index (χ3v) is 6.46. The molecular weight excluding hydrogens is 372 g/mol. The Labute approximate surface area is 165 Å². The second-order valence-electron chi connectivity index (χ2n) is 6.98. The molecule has 0 saturated carbocycles. The summed E-state index contributed by atoms with van der Waals surface area (Å²) in [7, 11) is 0. The maximum absolute atomic E-state index is 11.5. The number of fused-ring (bicyclic) bond motifs is 1. The molecule has 5 rings (SSSR count). The van der Waals surface area contributed by atoms with Crippen LogP contribution in [0.1, 0.15) is 33.4 Å². The molecule has 0 fully saturated rings. The fraction of sp³-hybridized carbons (Fsp3) is 0.227. The van der Waals surface area contributed by atoms with Gasteiger partial charge in [0, 0.05) is 29.1 Å². The van der Waals surface area contributed by atoms with E-state index in [1.807, 2.05) is 24.4 Å². The Morgan fingerprint density at radius 1 is 1.32 bits per heavy atom. The first-order valence-corrected chi connectivity index (χ1v) is 10.1. The third-order valence-electron chi connectivity index (χ3n) is 5.39. The van der Waals surface area contributed by atoms with Crippen molar-refractivity contribution in [3.8, 4) is 16.9 Å². The van der Waals surface area contributed by atoms with Gasteiger partial charge in [-0.2, -0.15) is 0 Å². The number of rotatable bonds is 3. The standard InChI is InChI=1S/C22H18N2O3S/c1-3-13-11(2)10-15-20(28-21(24-15)22(25)26)18(13)14-4-5-16-17-12(7-9-27-16)6-8-23-19(14)17/h4-6,8,10H,3,7,9H2,1-2H3,(H,25,26). The number of aromatic carboxylic acids is 1. The van der Waals surface area contributed by atoms with Crippen molar-refractivity contribution >= 4 is 38.4 Å². The summed E-state index contributed by atoms with van der Waals surface area (Å²) in [6.07, 6.45) is 3.56. The van der Waals surface area contributed by atoms with Gasteiger partial charge >= 0.3 is 5.97 Å². The minimum atomic E-state index is -0.994. The van der Waals surface area contributed by atoms with Crippen LogP contribution in [-0.2, 0) is 12.8 Å². The molecule has 28 heavy (non-hydrogen) atoms. The molecule has 0 unspecified atom stereocenters. The zero-order valence-corrected chi connectivity index (χ0v) is 16.4. The van der Waals surface area contributed by atoms with Crippen LogP contribution in [0.2, 0.25) is 0 Å². The molecule has 0 aliphatic carbocycles. The minimum Gasteiger partial charge on any atom is -0.493 e. The number of carboxylic acid groups (broad SMARTS) is 1. The third kappa shape index (κ3) is 2.41. The summed E-state index contributed by atoms with van der Waals surface area (Å²) >= 11 is 1.23. The van der Waals surface area contributed by atoms with Crippen LogP contribution in [0.4, 0.5) is 0 Å². The lowest BCUT2D eigenvalue weighted by atomic mass is 9.90. The number of hydrogen-bond acceptors (Lipinski definition) is 5. The lowest BCUT2D eigenvalue weighted by molar-refractivity contribution is 0.0696. The molecule has 0 radical (unpaired) electrons. The Kier molecular flexibility index (Phi) is 3.84. The van der Waals surface area contributed by atoms with Crippen LogP contribution in [0.5, 0.6) is 5.75 Å². The molecule has 3 heterocycles. The van der Waals surface area contributed by atoms with Crippen LogP contribution < -0.4 is 4.74 Å². The van der Waals surface area contributed by atoms with E-state index in [-0.39, 0.29) is 5.01 Å². The van der Waals surface area contributed by atoms with Crippen molar-refractivity contribution in [2.45, 2.75) is 26.7 Å². The highest BCUT2D eigenvalue weighted by atomic mass is 32.1. The van der Waals surface area contributed by atoms with Crippen molar-refractivity contribution in [1.82, 2.24) is 9.97 Å². The normalized spacial score (nSPS) is 13.1. The zero-order chi connectivity index (χ0) is 19.4. The number of carboxylic acids is 1. The van der Waals surface area contributed by atoms with Crippen molar-refractivity contribution in [2.75, 3.05) is 6.61 Å². The average Bonchev–Trinajstić information content (AvgIpc) is 3.12. The summed E-state index contributed by atoms with van der Waals surface area (Å²) in [6.45, 7) is 4.86. The number of pyridine rings is 1. The Morgan fingerprint density at radius 2 is 2.18 bits per heavy atom. The number of nitrogens with zero attached hydrogens (tertiary/aromatic N) is 2. The van der Waals surface area contributed by atoms with Gasteiger partial charge in [-0.3, -0.25) is 4.98 Å². The first-order valence-electron chi connectivity index (χ1n) is 9.28. The molecule has 2 aromatic carbocycles. The molecule has 0 atom stereocenters. The van der Waals surface area contributed by atoms with Gasteiger partial charge in [0.15, 0.2) is 0 Å². The van der Waals surface area contributed by atoms with Gasteiger partial charge in [-0.1, -0.05) is 6.92 Å². The molecular formula is C22H18N2O3S. The van der Waals surface area contributed by atoms with Gasteiger partial charge in [0.25, 0.3) is 0 Å². The molecule has 5 nitrogen and oxygen atoms in total. The number of ether oxygens (including phenoxy) is 1. The Balaban J connectivity index is 1.92. The largest absolute Gasteiger partial charge is 0.493 e. The van der Waals surface area contributed by atoms with E-state index in [1.165, 1.54) is 22.5 Å². The van der Waals surface area contributed by atoms with Crippen LogP contribution in [0.15, 0.2) is 30.5 Å². The van der Waals surface area contributed by atoms with Gasteiger partial charge in [0.05, 0.1) is 22.3 Å². The molecule has 6 heteroatoms. The number of hydrogen-bond donors (Lipinski definition) is 1. The molecule has 1 N–H and O–H groups in total. The molecule has 4 aromatic rings. The highest BCUT2D eigenvalue weighted by Gasteiger charge is 2.23. The minimum absolute atomic E-state index is 0.114. The summed E-state index contributed by atoms with van der Waals surface area (Å²) in [4.78, 5) is 20.6. The van der Waals surface area contributed by atoms with Crippen molar-refractivity contribution in [3.63, 3.8) is 0 Å². The molecule has 0 amide bonds. The molecule has 140 valence electrons. The number of carbonyl (C=O) groups is 1. The lowest BCUT2D eigenvalue weighted by Gasteiger charge is -2.21. The fourth-order valence-corrected chi connectivity index (χ4v) is 5.14. The zero-order valence-electron chi connectivity index (χ0n) is 15.6. The fourth-order valence-electron chi connectivity index (χ4n) is 4.17. The van der Waals surface area contributed by atoms with Gasteiger partial charge in [0.1, 0.15) is 5.75 Å². The van der Waals surface area contributed by atoms with E-state index >= 15 is 0 Å². The first-order chi connectivity index (χ1) is 13.6. The van der Waals surface area contributed by atoms with Gasteiger partial charge in [-0.15, -0.1) is 11.3 Å². The van der Waals surface area contributed by atoms with Crippen molar-refractivity contribution in [2.24, 2.45) is 0 Å². The molecule has 1 aliphatic heterocycles. The van der Waals surface area contributed by atoms with Crippen LogP contribution in [0.3, 0.4) is 0 Å². The van der Waals surface area contributed by atoms with Crippen molar-refractivity contribution in [3.05, 3.63) is 52.2 Å². The monoisotopic (exact) mass is 390 g/mol. The van der Waals surface area contributed by atoms with E-state index in [0.717, 1.165) is 56.4 Å². The predicted molar refractivity (Wildman–Crippen MR) is 111 cm³/mol. The Hall–Kier alpha value is -2.99. The average molecular weight is 390 g/mol. The topological polar surface area (TPSA) is 72.3 Å². The summed E-state index contributed by atoms with van der Waals surface area (Å²) in [5.41, 5.74) is 7.24. The van der Waals surface area contributed by atoms with Crippen LogP contribution in [-0.4, -0.2) is 27.7 Å². The predicted octanol–water partition coefficient (Wildman–Crippen LogP) is 5.02. The first kappa shape index (κ1) is 17.1. The second kappa shape index (κ2) is 6.27. The summed E-state index contributed by atoms with van der Waals surface area (Å²) in [5, 5.41) is 10.6. The molecule has 0 spiro atoms. The quantitative estimate of drug-likeness (QED) is 0.532. The summed E-state index contributed by atoms with van der Waals surface area (Å²) in [6, 6.07) is 8.10. The Morgan fingerprint density at radius 3 is 2.96 bits per heavy atom. The molecule has 0 bridgehead atoms. The highest BCUT2D eigenvalue weighted by Crippen LogP contribution is 2.43. The number of thiazole rings is 1. The Bertz CT molecular complexity index is 1270. The van der Waals surface area contributed by atoms with Gasteiger partial charge in [-0.05, 0) is 54.3 Å². The van der Waals surface area contributed by atoms with Gasteiger partial charge < -0.3 is 9.84 Å². The smallest absolute Gasteiger partial charge is 0.365 e. The van der Waals surface area contributed by atoms with Crippen molar-refractivity contribution in [1.29, 1.82) is 0 Å². The van der Waals surface area contributed by atoms with E-state index in [0.29, 0.717) is 6.61 Å². The summed E-state index contributed by atoms with van der Waals surface area (Å²) in [5.74, 6) is -0.128. The van der Waals surface area contributed by atoms with Crippen LogP contribution in [0.25, 0.3) is 32.2 Å². The van der Waals surface area contributed by atoms with Crippen molar-refractivity contribution < 1.29 is 14.6 Å². The highest BCUT2D eigenvalue weighted by molar-refractivity contribution is 7.20. The SMILES string of the molecule is CCc1c(C)cc2nc(C(=O)O)sc2c1-c1ccc2c3c(ccnc13)CCO2. The summed E-state index contributed by atoms with van der Waals surface area (Å²) < 4.78 is 6.76. The van der Waals surface area contributed by atoms with E-state index < -0.39 is 5.97 Å². The van der Waals surface area contributed by atoms with E-state index in [9.17, 15) is 9.90 Å². The molecule has 1 aliphatic rings. The number of benzene rings is 2. The maximum Gasteiger partial charge on any atom is 0.365 e. The number of aryl methyl sites for hydroxylation is 1. The van der Waals surface area contributed by atoms with E-state index in [4.69, 9.17) is 9.72 Å². The lowest BCUT2D eigenvalue weighted by Crippen LogP contribution is -2.09. The van der Waals surface area contributed by atoms with Crippen LogP contribution >= 0.6 is 11.3 Å². The van der Waals surface area contributed by atoms with Gasteiger partial charge in [0.2, 0.25) is 5.01 Å². The molecule has 2 aromatic heterocycles. The van der Waals surface area contributed by atoms with E-state index in [1.54, 1.807) is 0 Å².